The van der Waals surface area contributed by atoms with Gasteiger partial charge in [0.05, 0.1) is 18.9 Å². The molecular formula is C12H20N2O4S. The quantitative estimate of drug-likeness (QED) is 0.750. The first-order valence-electron chi connectivity index (χ1n) is 5.87. The SMILES string of the molecule is COc1ccc(S(=O)(=O)N(C)CCC(C)O)c(N)c1. The number of anilines is 1. The average Bonchev–Trinajstić information content (AvgIpc) is 2.35. The molecule has 0 heterocycles. The van der Waals surface area contributed by atoms with Gasteiger partial charge in [-0.25, -0.2) is 12.7 Å². The van der Waals surface area contributed by atoms with Gasteiger partial charge in [0.2, 0.25) is 10.0 Å². The number of hydrogen-bond acceptors (Lipinski definition) is 5. The Balaban J connectivity index is 2.99. The zero-order chi connectivity index (χ0) is 14.6. The lowest BCUT2D eigenvalue weighted by atomic mass is 10.3. The standard InChI is InChI=1S/C12H20N2O4S/c1-9(15)6-7-14(2)19(16,17)12-5-4-10(18-3)8-11(12)13/h4-5,8-9,15H,6-7,13H2,1-3H3. The summed E-state index contributed by atoms with van der Waals surface area (Å²) in [5, 5.41) is 9.20. The summed E-state index contributed by atoms with van der Waals surface area (Å²) in [6.45, 7) is 1.84. The number of hydrogen-bond donors (Lipinski definition) is 2. The van der Waals surface area contributed by atoms with Crippen LogP contribution >= 0.6 is 0 Å². The number of nitrogens with two attached hydrogens (primary N) is 1. The molecule has 0 aliphatic rings. The van der Waals surface area contributed by atoms with Crippen LogP contribution in [-0.4, -0.2) is 44.6 Å². The molecular weight excluding hydrogens is 268 g/mol. The van der Waals surface area contributed by atoms with E-state index in [1.165, 1.54) is 30.6 Å². The van der Waals surface area contributed by atoms with Gasteiger partial charge >= 0.3 is 0 Å². The fraction of sp³-hybridized carbons (Fsp3) is 0.500. The molecule has 1 rings (SSSR count). The van der Waals surface area contributed by atoms with Crippen molar-refractivity contribution in [2.45, 2.75) is 24.3 Å². The van der Waals surface area contributed by atoms with Crippen LogP contribution < -0.4 is 10.5 Å². The number of sulfonamides is 1. The Hall–Kier alpha value is -1.31. The van der Waals surface area contributed by atoms with Gasteiger partial charge in [-0.15, -0.1) is 0 Å². The van der Waals surface area contributed by atoms with Crippen LogP contribution in [0.4, 0.5) is 5.69 Å². The number of aliphatic hydroxyl groups is 1. The van der Waals surface area contributed by atoms with Gasteiger partial charge in [-0.1, -0.05) is 0 Å². The summed E-state index contributed by atoms with van der Waals surface area (Å²) in [4.78, 5) is 0.0430. The highest BCUT2D eigenvalue weighted by Crippen LogP contribution is 2.26. The van der Waals surface area contributed by atoms with E-state index in [1.54, 1.807) is 13.0 Å². The number of aliphatic hydroxyl groups excluding tert-OH is 1. The van der Waals surface area contributed by atoms with Gasteiger partial charge in [0.25, 0.3) is 0 Å². The van der Waals surface area contributed by atoms with Gasteiger partial charge in [0.15, 0.2) is 0 Å². The van der Waals surface area contributed by atoms with E-state index in [4.69, 9.17) is 10.5 Å². The van der Waals surface area contributed by atoms with Crippen LogP contribution in [0.3, 0.4) is 0 Å². The van der Waals surface area contributed by atoms with E-state index in [1.807, 2.05) is 0 Å². The van der Waals surface area contributed by atoms with Crippen molar-refractivity contribution in [3.8, 4) is 5.75 Å². The van der Waals surface area contributed by atoms with Gasteiger partial charge in [0.1, 0.15) is 10.6 Å². The molecule has 1 aromatic rings. The van der Waals surface area contributed by atoms with Gasteiger partial charge in [-0.2, -0.15) is 0 Å². The number of nitrogen functional groups attached to an aromatic ring is 1. The maximum absolute atomic E-state index is 12.3. The number of benzene rings is 1. The smallest absolute Gasteiger partial charge is 0.244 e. The lowest BCUT2D eigenvalue weighted by Crippen LogP contribution is -2.30. The molecule has 6 nitrogen and oxygen atoms in total. The van der Waals surface area contributed by atoms with Crippen molar-refractivity contribution in [1.29, 1.82) is 0 Å². The van der Waals surface area contributed by atoms with Crippen LogP contribution in [0.15, 0.2) is 23.1 Å². The minimum atomic E-state index is -3.65. The molecule has 0 saturated carbocycles. The summed E-state index contributed by atoms with van der Waals surface area (Å²) < 4.78 is 30.7. The molecule has 7 heteroatoms. The Morgan fingerprint density at radius 3 is 2.58 bits per heavy atom. The van der Waals surface area contributed by atoms with E-state index in [0.717, 1.165) is 0 Å². The lowest BCUT2D eigenvalue weighted by molar-refractivity contribution is 0.177. The number of rotatable bonds is 6. The molecule has 108 valence electrons. The van der Waals surface area contributed by atoms with Crippen molar-refractivity contribution >= 4 is 15.7 Å². The minimum absolute atomic E-state index is 0.0430. The van der Waals surface area contributed by atoms with Crippen LogP contribution in [0.1, 0.15) is 13.3 Å². The molecule has 0 bridgehead atoms. The van der Waals surface area contributed by atoms with E-state index < -0.39 is 16.1 Å². The van der Waals surface area contributed by atoms with Crippen molar-refractivity contribution in [3.05, 3.63) is 18.2 Å². The Morgan fingerprint density at radius 1 is 1.47 bits per heavy atom. The van der Waals surface area contributed by atoms with E-state index >= 15 is 0 Å². The van der Waals surface area contributed by atoms with Crippen molar-refractivity contribution < 1.29 is 18.3 Å². The lowest BCUT2D eigenvalue weighted by Gasteiger charge is -2.19. The fourth-order valence-corrected chi connectivity index (χ4v) is 2.82. The minimum Gasteiger partial charge on any atom is -0.497 e. The van der Waals surface area contributed by atoms with E-state index in [-0.39, 0.29) is 17.1 Å². The van der Waals surface area contributed by atoms with Crippen LogP contribution in [0.25, 0.3) is 0 Å². The molecule has 0 spiro atoms. The summed E-state index contributed by atoms with van der Waals surface area (Å²) >= 11 is 0. The predicted molar refractivity (Wildman–Crippen MR) is 73.5 cm³/mol. The monoisotopic (exact) mass is 288 g/mol. The molecule has 0 radical (unpaired) electrons. The number of methoxy groups -OCH3 is 1. The third kappa shape index (κ3) is 3.82. The van der Waals surface area contributed by atoms with Crippen LogP contribution in [0.5, 0.6) is 5.75 Å². The van der Waals surface area contributed by atoms with Gasteiger partial charge < -0.3 is 15.6 Å². The highest BCUT2D eigenvalue weighted by atomic mass is 32.2. The molecule has 0 aliphatic carbocycles. The van der Waals surface area contributed by atoms with E-state index in [0.29, 0.717) is 12.2 Å². The first-order chi connectivity index (χ1) is 8.78. The van der Waals surface area contributed by atoms with E-state index in [2.05, 4.69) is 0 Å². The first kappa shape index (κ1) is 15.7. The maximum Gasteiger partial charge on any atom is 0.244 e. The Labute approximate surface area is 113 Å². The third-order valence-electron chi connectivity index (χ3n) is 2.77. The van der Waals surface area contributed by atoms with Gasteiger partial charge in [-0.05, 0) is 25.5 Å². The molecule has 1 unspecified atom stereocenters. The Bertz CT molecular complexity index is 529. The second-order valence-electron chi connectivity index (χ2n) is 4.37. The molecule has 0 saturated heterocycles. The Morgan fingerprint density at radius 2 is 2.11 bits per heavy atom. The Kier molecular flexibility index (Phi) is 5.16. The maximum atomic E-state index is 12.3. The van der Waals surface area contributed by atoms with Gasteiger partial charge in [-0.3, -0.25) is 0 Å². The average molecular weight is 288 g/mol. The zero-order valence-corrected chi connectivity index (χ0v) is 12.1. The fourth-order valence-electron chi connectivity index (χ4n) is 1.55. The summed E-state index contributed by atoms with van der Waals surface area (Å²) in [7, 11) is -0.705. The third-order valence-corrected chi connectivity index (χ3v) is 4.70. The largest absolute Gasteiger partial charge is 0.497 e. The van der Waals surface area contributed by atoms with Crippen molar-refractivity contribution in [3.63, 3.8) is 0 Å². The zero-order valence-electron chi connectivity index (χ0n) is 11.3. The molecule has 1 atom stereocenters. The molecule has 19 heavy (non-hydrogen) atoms. The first-order valence-corrected chi connectivity index (χ1v) is 7.31. The molecule has 0 amide bonds. The summed E-state index contributed by atoms with van der Waals surface area (Å²) in [6, 6.07) is 4.43. The number of nitrogens with zero attached hydrogens (tertiary/aromatic N) is 1. The highest BCUT2D eigenvalue weighted by Gasteiger charge is 2.23. The molecule has 1 aromatic carbocycles. The second-order valence-corrected chi connectivity index (χ2v) is 6.38. The summed E-state index contributed by atoms with van der Waals surface area (Å²) in [5.74, 6) is 0.503. The highest BCUT2D eigenvalue weighted by molar-refractivity contribution is 7.89. The normalized spacial score (nSPS) is 13.5. The molecule has 0 aromatic heterocycles. The van der Waals surface area contributed by atoms with Crippen molar-refractivity contribution in [2.24, 2.45) is 0 Å². The van der Waals surface area contributed by atoms with Crippen LogP contribution in [0.2, 0.25) is 0 Å². The van der Waals surface area contributed by atoms with Crippen molar-refractivity contribution in [1.82, 2.24) is 4.31 Å². The predicted octanol–water partition coefficient (Wildman–Crippen LogP) is 0.669. The van der Waals surface area contributed by atoms with Gasteiger partial charge in [0, 0.05) is 19.7 Å². The molecule has 3 N–H and O–H groups in total. The topological polar surface area (TPSA) is 92.9 Å². The van der Waals surface area contributed by atoms with E-state index in [9.17, 15) is 13.5 Å². The summed E-state index contributed by atoms with van der Waals surface area (Å²) in [6.07, 6.45) is -0.183. The number of ether oxygens (including phenoxy) is 1. The molecule has 0 fully saturated rings. The summed E-state index contributed by atoms with van der Waals surface area (Å²) in [5.41, 5.74) is 5.88. The van der Waals surface area contributed by atoms with Crippen LogP contribution in [0, 0.1) is 0 Å². The van der Waals surface area contributed by atoms with Crippen molar-refractivity contribution in [2.75, 3.05) is 26.4 Å². The molecule has 0 aliphatic heterocycles. The van der Waals surface area contributed by atoms with Crippen LogP contribution in [-0.2, 0) is 10.0 Å². The second kappa shape index (κ2) is 6.23.